The van der Waals surface area contributed by atoms with Gasteiger partial charge in [-0.25, -0.2) is 0 Å². The molecule has 0 radical (unpaired) electrons. The van der Waals surface area contributed by atoms with Crippen LogP contribution in [0.25, 0.3) is 0 Å². The molecule has 3 rings (SSSR count). The fourth-order valence-electron chi connectivity index (χ4n) is 3.97. The first-order valence-electron chi connectivity index (χ1n) is 11.8. The molecule has 5 nitrogen and oxygen atoms in total. The lowest BCUT2D eigenvalue weighted by Crippen LogP contribution is -2.06. The molecule has 0 unspecified atom stereocenters. The Kier molecular flexibility index (Phi) is 8.87. The standard InChI is InChI=1S/C28H34N2O3/c1-21(2)25-19-30(17-9-15-27(31)32)20-26(25)28(33)23-13-8-14-24(18-23)29-16-7-6-12-22-10-4-3-5-11-22/h3-5,8,10-11,13-14,18-21,29H,6-7,9,12,15-17H2,1-2H3,(H,31,32). The van der Waals surface area contributed by atoms with Crippen molar-refractivity contribution < 1.29 is 14.7 Å². The number of rotatable bonds is 13. The maximum absolute atomic E-state index is 13.3. The third-order valence-corrected chi connectivity index (χ3v) is 5.77. The summed E-state index contributed by atoms with van der Waals surface area (Å²) in [5, 5.41) is 12.3. The highest BCUT2D eigenvalue weighted by atomic mass is 16.4. The summed E-state index contributed by atoms with van der Waals surface area (Å²) in [5.41, 5.74) is 4.66. The Labute approximate surface area is 196 Å². The number of benzene rings is 2. The van der Waals surface area contributed by atoms with Gasteiger partial charge in [-0.15, -0.1) is 0 Å². The summed E-state index contributed by atoms with van der Waals surface area (Å²) < 4.78 is 1.94. The van der Waals surface area contributed by atoms with Gasteiger partial charge in [0.05, 0.1) is 0 Å². The van der Waals surface area contributed by atoms with Crippen LogP contribution >= 0.6 is 0 Å². The summed E-state index contributed by atoms with van der Waals surface area (Å²) in [4.78, 5) is 24.1. The van der Waals surface area contributed by atoms with Crippen molar-refractivity contribution >= 4 is 17.4 Å². The molecule has 0 aliphatic heterocycles. The van der Waals surface area contributed by atoms with E-state index in [4.69, 9.17) is 5.11 Å². The summed E-state index contributed by atoms with van der Waals surface area (Å²) in [6, 6.07) is 18.2. The number of aryl methyl sites for hydroxylation is 2. The van der Waals surface area contributed by atoms with Crippen molar-refractivity contribution in [2.24, 2.45) is 0 Å². The van der Waals surface area contributed by atoms with Gasteiger partial charge in [0.1, 0.15) is 0 Å². The van der Waals surface area contributed by atoms with E-state index >= 15 is 0 Å². The van der Waals surface area contributed by atoms with Gasteiger partial charge in [0.15, 0.2) is 5.78 Å². The second-order valence-electron chi connectivity index (χ2n) is 8.80. The Morgan fingerprint density at radius 2 is 1.76 bits per heavy atom. The summed E-state index contributed by atoms with van der Waals surface area (Å²) >= 11 is 0. The molecule has 33 heavy (non-hydrogen) atoms. The van der Waals surface area contributed by atoms with Gasteiger partial charge in [0.2, 0.25) is 0 Å². The minimum Gasteiger partial charge on any atom is -0.481 e. The van der Waals surface area contributed by atoms with Crippen molar-refractivity contribution in [1.29, 1.82) is 0 Å². The Morgan fingerprint density at radius 3 is 2.48 bits per heavy atom. The molecule has 0 fully saturated rings. The molecular weight excluding hydrogens is 412 g/mol. The molecule has 0 bridgehead atoms. The number of carboxylic acids is 1. The van der Waals surface area contributed by atoms with Crippen LogP contribution in [0.5, 0.6) is 0 Å². The lowest BCUT2D eigenvalue weighted by atomic mass is 9.96. The number of carbonyl (C=O) groups excluding carboxylic acids is 1. The molecule has 1 aromatic heterocycles. The molecule has 1 heterocycles. The minimum absolute atomic E-state index is 0.00316. The van der Waals surface area contributed by atoms with E-state index in [-0.39, 0.29) is 18.1 Å². The third-order valence-electron chi connectivity index (χ3n) is 5.77. The second-order valence-corrected chi connectivity index (χ2v) is 8.80. The number of unbranched alkanes of at least 4 members (excludes halogenated alkanes) is 1. The quantitative estimate of drug-likeness (QED) is 0.244. The molecule has 0 aliphatic carbocycles. The molecule has 0 saturated carbocycles. The normalized spacial score (nSPS) is 11.0. The number of carbonyl (C=O) groups is 2. The lowest BCUT2D eigenvalue weighted by Gasteiger charge is -2.10. The molecule has 0 atom stereocenters. The zero-order chi connectivity index (χ0) is 23.6. The number of aromatic nitrogens is 1. The molecule has 0 aliphatic rings. The number of aliphatic carboxylic acids is 1. The first-order chi connectivity index (χ1) is 15.9. The number of nitrogens with zero attached hydrogens (tertiary/aromatic N) is 1. The average Bonchev–Trinajstić information content (AvgIpc) is 3.23. The van der Waals surface area contributed by atoms with Crippen LogP contribution in [0.15, 0.2) is 67.0 Å². The van der Waals surface area contributed by atoms with Crippen LogP contribution in [0.3, 0.4) is 0 Å². The molecule has 0 spiro atoms. The van der Waals surface area contributed by atoms with Gasteiger partial charge in [-0.3, -0.25) is 9.59 Å². The summed E-state index contributed by atoms with van der Waals surface area (Å²) in [7, 11) is 0. The van der Waals surface area contributed by atoms with Gasteiger partial charge in [-0.05, 0) is 54.9 Å². The van der Waals surface area contributed by atoms with Crippen molar-refractivity contribution in [3.05, 3.63) is 89.2 Å². The Hall–Kier alpha value is -3.34. The van der Waals surface area contributed by atoms with Crippen LogP contribution in [0.1, 0.15) is 72.5 Å². The molecule has 174 valence electrons. The van der Waals surface area contributed by atoms with Gasteiger partial charge in [-0.1, -0.05) is 56.3 Å². The second kappa shape index (κ2) is 12.0. The van der Waals surface area contributed by atoms with E-state index in [2.05, 4.69) is 43.4 Å². The Bertz CT molecular complexity index is 1050. The average molecular weight is 447 g/mol. The van der Waals surface area contributed by atoms with Crippen LogP contribution < -0.4 is 5.32 Å². The van der Waals surface area contributed by atoms with E-state index < -0.39 is 5.97 Å². The molecule has 2 N–H and O–H groups in total. The summed E-state index contributed by atoms with van der Waals surface area (Å²) in [6.07, 6.45) is 7.75. The van der Waals surface area contributed by atoms with Crippen LogP contribution in [0.2, 0.25) is 0 Å². The molecule has 2 aromatic carbocycles. The number of hydrogen-bond donors (Lipinski definition) is 2. The van der Waals surface area contributed by atoms with Crippen molar-refractivity contribution in [2.75, 3.05) is 11.9 Å². The Morgan fingerprint density at radius 1 is 0.970 bits per heavy atom. The van der Waals surface area contributed by atoms with Crippen molar-refractivity contribution in [1.82, 2.24) is 4.57 Å². The van der Waals surface area contributed by atoms with E-state index in [1.807, 2.05) is 47.3 Å². The highest BCUT2D eigenvalue weighted by Crippen LogP contribution is 2.25. The van der Waals surface area contributed by atoms with E-state index in [1.54, 1.807) is 0 Å². The van der Waals surface area contributed by atoms with Gasteiger partial charge >= 0.3 is 5.97 Å². The maximum Gasteiger partial charge on any atom is 0.303 e. The lowest BCUT2D eigenvalue weighted by molar-refractivity contribution is -0.137. The fraction of sp³-hybridized carbons (Fsp3) is 0.357. The summed E-state index contributed by atoms with van der Waals surface area (Å²) in [5.74, 6) is -0.592. The largest absolute Gasteiger partial charge is 0.481 e. The number of carboxylic acid groups (broad SMARTS) is 1. The van der Waals surface area contributed by atoms with Crippen LogP contribution in [0, 0.1) is 0 Å². The molecular formula is C28H34N2O3. The first kappa shape index (κ1) is 24.3. The topological polar surface area (TPSA) is 71.3 Å². The number of ketones is 1. The fourth-order valence-corrected chi connectivity index (χ4v) is 3.97. The molecule has 0 amide bonds. The predicted molar refractivity (Wildman–Crippen MR) is 133 cm³/mol. The maximum atomic E-state index is 13.3. The zero-order valence-electron chi connectivity index (χ0n) is 19.6. The van der Waals surface area contributed by atoms with E-state index in [0.29, 0.717) is 24.1 Å². The number of anilines is 1. The smallest absolute Gasteiger partial charge is 0.303 e. The van der Waals surface area contributed by atoms with Crippen LogP contribution in [0.4, 0.5) is 5.69 Å². The van der Waals surface area contributed by atoms with E-state index in [0.717, 1.165) is 37.1 Å². The van der Waals surface area contributed by atoms with Crippen molar-refractivity contribution in [2.45, 2.75) is 58.4 Å². The third kappa shape index (κ3) is 7.35. The van der Waals surface area contributed by atoms with Crippen LogP contribution in [-0.2, 0) is 17.8 Å². The van der Waals surface area contributed by atoms with Gasteiger partial charge in [-0.2, -0.15) is 0 Å². The minimum atomic E-state index is -0.799. The van der Waals surface area contributed by atoms with E-state index in [9.17, 15) is 9.59 Å². The SMILES string of the molecule is CC(C)c1cn(CCCC(=O)O)cc1C(=O)c1cccc(NCCCCc2ccccc2)c1. The van der Waals surface area contributed by atoms with Crippen molar-refractivity contribution in [3.8, 4) is 0 Å². The predicted octanol–water partition coefficient (Wildman–Crippen LogP) is 6.14. The monoisotopic (exact) mass is 446 g/mol. The zero-order valence-corrected chi connectivity index (χ0v) is 19.6. The van der Waals surface area contributed by atoms with Crippen LogP contribution in [-0.4, -0.2) is 28.0 Å². The summed E-state index contributed by atoms with van der Waals surface area (Å²) in [6.45, 7) is 5.59. The van der Waals surface area contributed by atoms with E-state index in [1.165, 1.54) is 5.56 Å². The number of hydrogen-bond acceptors (Lipinski definition) is 3. The highest BCUT2D eigenvalue weighted by molar-refractivity contribution is 6.10. The van der Waals surface area contributed by atoms with Gasteiger partial charge in [0, 0.05) is 48.7 Å². The molecule has 0 saturated heterocycles. The van der Waals surface area contributed by atoms with Crippen molar-refractivity contribution in [3.63, 3.8) is 0 Å². The van der Waals surface area contributed by atoms with Gasteiger partial charge in [0.25, 0.3) is 0 Å². The molecule has 3 aromatic rings. The number of nitrogens with one attached hydrogen (secondary N) is 1. The van der Waals surface area contributed by atoms with Gasteiger partial charge < -0.3 is 15.0 Å². The Balaban J connectivity index is 1.60. The molecule has 5 heteroatoms. The first-order valence-corrected chi connectivity index (χ1v) is 11.8. The highest BCUT2D eigenvalue weighted by Gasteiger charge is 2.19.